The molecule has 5 rings (SSSR count). The first kappa shape index (κ1) is 20.7. The molecule has 0 radical (unpaired) electrons. The van der Waals surface area contributed by atoms with Gasteiger partial charge < -0.3 is 19.9 Å². The van der Waals surface area contributed by atoms with Crippen LogP contribution in [-0.4, -0.2) is 44.1 Å². The van der Waals surface area contributed by atoms with E-state index in [-0.39, 0.29) is 5.91 Å². The van der Waals surface area contributed by atoms with E-state index in [2.05, 4.69) is 38.9 Å². The summed E-state index contributed by atoms with van der Waals surface area (Å²) in [6.45, 7) is 6.43. The number of imidazole rings is 1. The second-order valence-electron chi connectivity index (χ2n) is 8.26. The summed E-state index contributed by atoms with van der Waals surface area (Å²) in [5, 5.41) is 15.0. The van der Waals surface area contributed by atoms with E-state index in [1.165, 1.54) is 5.56 Å². The molecule has 1 atom stereocenters. The molecule has 1 aliphatic rings. The zero-order chi connectivity index (χ0) is 23.1. The summed E-state index contributed by atoms with van der Waals surface area (Å²) >= 11 is 0. The second kappa shape index (κ2) is 8.09. The predicted molar refractivity (Wildman–Crippen MR) is 126 cm³/mol. The molecule has 9 nitrogen and oxygen atoms in total. The molecule has 1 unspecified atom stereocenters. The van der Waals surface area contributed by atoms with E-state index in [4.69, 9.17) is 4.74 Å². The fourth-order valence-corrected chi connectivity index (χ4v) is 3.96. The molecule has 33 heavy (non-hydrogen) atoms. The number of ether oxygens (including phenoxy) is 1. The number of aryl methyl sites for hydroxylation is 3. The molecule has 2 N–H and O–H groups in total. The van der Waals surface area contributed by atoms with Gasteiger partial charge in [0.05, 0.1) is 42.4 Å². The Morgan fingerprint density at radius 3 is 2.58 bits per heavy atom. The fraction of sp³-hybridized carbons (Fsp3) is 0.250. The van der Waals surface area contributed by atoms with Crippen LogP contribution in [0, 0.1) is 20.8 Å². The zero-order valence-electron chi connectivity index (χ0n) is 19.0. The minimum Gasteiger partial charge on any atom is -0.495 e. The SMILES string of the molecule is COc1cc(-c2cn(C3CNc4cc(C)c(C)cc4NC3=O)nn2)ccc1-n1cnc(C)c1. The lowest BCUT2D eigenvalue weighted by molar-refractivity contribution is -0.119. The van der Waals surface area contributed by atoms with Gasteiger partial charge in [0.25, 0.3) is 5.91 Å². The number of carbonyl (C=O) groups is 1. The van der Waals surface area contributed by atoms with Crippen molar-refractivity contribution >= 4 is 17.3 Å². The molecule has 2 aromatic heterocycles. The maximum Gasteiger partial charge on any atom is 0.251 e. The van der Waals surface area contributed by atoms with Crippen LogP contribution in [0.1, 0.15) is 22.9 Å². The van der Waals surface area contributed by atoms with Gasteiger partial charge in [-0.2, -0.15) is 0 Å². The summed E-state index contributed by atoms with van der Waals surface area (Å²) in [6, 6.07) is 9.32. The molecule has 4 aromatic rings. The first-order chi connectivity index (χ1) is 15.9. The fourth-order valence-electron chi connectivity index (χ4n) is 3.96. The first-order valence-corrected chi connectivity index (χ1v) is 10.7. The molecule has 1 amide bonds. The smallest absolute Gasteiger partial charge is 0.251 e. The van der Waals surface area contributed by atoms with Gasteiger partial charge in [0.15, 0.2) is 0 Å². The highest BCUT2D eigenvalue weighted by Gasteiger charge is 2.27. The van der Waals surface area contributed by atoms with Crippen molar-refractivity contribution in [2.45, 2.75) is 26.8 Å². The number of amides is 1. The van der Waals surface area contributed by atoms with Crippen LogP contribution in [0.2, 0.25) is 0 Å². The van der Waals surface area contributed by atoms with E-state index < -0.39 is 6.04 Å². The van der Waals surface area contributed by atoms with Gasteiger partial charge in [-0.15, -0.1) is 5.10 Å². The molecular weight excluding hydrogens is 418 g/mol. The van der Waals surface area contributed by atoms with Crippen molar-refractivity contribution < 1.29 is 9.53 Å². The van der Waals surface area contributed by atoms with E-state index in [9.17, 15) is 4.79 Å². The quantitative estimate of drug-likeness (QED) is 0.499. The van der Waals surface area contributed by atoms with Crippen LogP contribution in [0.25, 0.3) is 16.9 Å². The third-order valence-electron chi connectivity index (χ3n) is 5.98. The molecule has 0 aliphatic carbocycles. The van der Waals surface area contributed by atoms with Crippen molar-refractivity contribution in [3.05, 3.63) is 65.9 Å². The first-order valence-electron chi connectivity index (χ1n) is 10.7. The number of rotatable bonds is 4. The molecule has 0 saturated carbocycles. The lowest BCUT2D eigenvalue weighted by Crippen LogP contribution is -2.29. The predicted octanol–water partition coefficient (Wildman–Crippen LogP) is 3.67. The zero-order valence-corrected chi connectivity index (χ0v) is 19.0. The standard InChI is InChI=1S/C24H25N7O2/c1-14-7-18-19(8-15(14)2)27-24(32)22(10-25-18)31-12-20(28-29-31)17-5-6-21(23(9-17)33-4)30-11-16(3)26-13-30/h5-9,11-13,22,25H,10H2,1-4H3,(H,27,32). The van der Waals surface area contributed by atoms with Gasteiger partial charge in [-0.05, 0) is 56.2 Å². The normalized spacial score (nSPS) is 15.4. The van der Waals surface area contributed by atoms with Crippen molar-refractivity contribution in [3.8, 4) is 22.7 Å². The highest BCUT2D eigenvalue weighted by molar-refractivity contribution is 5.98. The summed E-state index contributed by atoms with van der Waals surface area (Å²) in [5.41, 5.74) is 7.28. The molecule has 0 saturated heterocycles. The average molecular weight is 444 g/mol. The Kier molecular flexibility index (Phi) is 5.08. The summed E-state index contributed by atoms with van der Waals surface area (Å²) in [4.78, 5) is 17.2. The highest BCUT2D eigenvalue weighted by Crippen LogP contribution is 2.31. The van der Waals surface area contributed by atoms with Crippen LogP contribution < -0.4 is 15.4 Å². The summed E-state index contributed by atoms with van der Waals surface area (Å²) in [5.74, 6) is 0.555. The third-order valence-corrected chi connectivity index (χ3v) is 5.98. The average Bonchev–Trinajstić information content (AvgIpc) is 3.43. The van der Waals surface area contributed by atoms with Gasteiger partial charge in [-0.1, -0.05) is 11.3 Å². The van der Waals surface area contributed by atoms with Crippen LogP contribution in [-0.2, 0) is 4.79 Å². The van der Waals surface area contributed by atoms with Gasteiger partial charge in [0.2, 0.25) is 0 Å². The molecule has 0 bridgehead atoms. The minimum atomic E-state index is -0.533. The van der Waals surface area contributed by atoms with E-state index in [0.29, 0.717) is 18.0 Å². The summed E-state index contributed by atoms with van der Waals surface area (Å²) < 4.78 is 9.12. The molecule has 3 heterocycles. The van der Waals surface area contributed by atoms with Crippen LogP contribution >= 0.6 is 0 Å². The number of benzene rings is 2. The Labute approximate surface area is 191 Å². The van der Waals surface area contributed by atoms with Gasteiger partial charge in [-0.3, -0.25) is 4.79 Å². The Balaban J connectivity index is 1.42. The van der Waals surface area contributed by atoms with Crippen molar-refractivity contribution in [2.24, 2.45) is 0 Å². The topological polar surface area (TPSA) is 98.9 Å². The van der Waals surface area contributed by atoms with Crippen LogP contribution in [0.15, 0.2) is 49.1 Å². The number of nitrogens with one attached hydrogen (secondary N) is 2. The molecule has 2 aromatic carbocycles. The Hall–Kier alpha value is -4.14. The van der Waals surface area contributed by atoms with Gasteiger partial charge in [-0.25, -0.2) is 9.67 Å². The number of nitrogens with zero attached hydrogens (tertiary/aromatic N) is 5. The number of anilines is 2. The van der Waals surface area contributed by atoms with E-state index in [0.717, 1.165) is 33.9 Å². The van der Waals surface area contributed by atoms with Crippen LogP contribution in [0.5, 0.6) is 5.75 Å². The lowest BCUT2D eigenvalue weighted by atomic mass is 10.1. The van der Waals surface area contributed by atoms with Gasteiger partial charge in [0, 0.05) is 18.3 Å². The van der Waals surface area contributed by atoms with Gasteiger partial charge in [0.1, 0.15) is 17.5 Å². The molecule has 0 fully saturated rings. The molecule has 1 aliphatic heterocycles. The molecule has 0 spiro atoms. The lowest BCUT2D eigenvalue weighted by Gasteiger charge is -2.12. The molecular formula is C24H25N7O2. The molecule has 9 heteroatoms. The monoisotopic (exact) mass is 443 g/mol. The maximum atomic E-state index is 13.0. The maximum absolute atomic E-state index is 13.0. The number of aromatic nitrogens is 5. The van der Waals surface area contributed by atoms with Crippen molar-refractivity contribution in [3.63, 3.8) is 0 Å². The second-order valence-corrected chi connectivity index (χ2v) is 8.26. The Bertz CT molecular complexity index is 1350. The summed E-state index contributed by atoms with van der Waals surface area (Å²) in [7, 11) is 1.63. The number of carbonyl (C=O) groups excluding carboxylic acids is 1. The third kappa shape index (κ3) is 3.82. The van der Waals surface area contributed by atoms with E-state index in [1.54, 1.807) is 24.3 Å². The Morgan fingerprint density at radius 1 is 1.06 bits per heavy atom. The Morgan fingerprint density at radius 2 is 1.85 bits per heavy atom. The van der Waals surface area contributed by atoms with Crippen molar-refractivity contribution in [1.29, 1.82) is 0 Å². The number of methoxy groups -OCH3 is 1. The number of hydrogen-bond acceptors (Lipinski definition) is 6. The minimum absolute atomic E-state index is 0.135. The van der Waals surface area contributed by atoms with E-state index >= 15 is 0 Å². The van der Waals surface area contributed by atoms with Gasteiger partial charge >= 0.3 is 0 Å². The largest absolute Gasteiger partial charge is 0.495 e. The highest BCUT2D eigenvalue weighted by atomic mass is 16.5. The van der Waals surface area contributed by atoms with Crippen molar-refractivity contribution in [2.75, 3.05) is 24.3 Å². The number of hydrogen-bond donors (Lipinski definition) is 2. The van der Waals surface area contributed by atoms with Crippen LogP contribution in [0.4, 0.5) is 11.4 Å². The van der Waals surface area contributed by atoms with E-state index in [1.807, 2.05) is 48.9 Å². The van der Waals surface area contributed by atoms with Crippen LogP contribution in [0.3, 0.4) is 0 Å². The van der Waals surface area contributed by atoms with Crippen molar-refractivity contribution in [1.82, 2.24) is 24.5 Å². The number of fused-ring (bicyclic) bond motifs is 1. The molecule has 168 valence electrons. The summed E-state index contributed by atoms with van der Waals surface area (Å²) in [6.07, 6.45) is 5.47.